The molecule has 5 nitrogen and oxygen atoms in total. The molecule has 2 aliphatic rings. The second kappa shape index (κ2) is 3.66. The standard InChI is InChI=1S/C11H14N2O3S/c14-5-10-9-6-17(15,16)7-11(9)13(12-10)8-3-1-2-4-8/h5,8H,1-4,6-7H2. The maximum atomic E-state index is 11.6. The van der Waals surface area contributed by atoms with Gasteiger partial charge in [0, 0.05) is 5.56 Å². The van der Waals surface area contributed by atoms with Crippen LogP contribution >= 0.6 is 0 Å². The third kappa shape index (κ3) is 1.71. The summed E-state index contributed by atoms with van der Waals surface area (Å²) in [5, 5.41) is 4.28. The summed E-state index contributed by atoms with van der Waals surface area (Å²) in [4.78, 5) is 10.9. The number of aromatic nitrogens is 2. The fourth-order valence-corrected chi connectivity index (χ4v) is 4.44. The highest BCUT2D eigenvalue weighted by Crippen LogP contribution is 2.35. The summed E-state index contributed by atoms with van der Waals surface area (Å²) in [5.74, 6) is 0.0167. The summed E-state index contributed by atoms with van der Waals surface area (Å²) in [6.07, 6.45) is 5.05. The van der Waals surface area contributed by atoms with E-state index in [9.17, 15) is 13.2 Å². The number of nitrogens with zero attached hydrogens (tertiary/aromatic N) is 2. The van der Waals surface area contributed by atoms with Gasteiger partial charge in [-0.25, -0.2) is 8.42 Å². The molecule has 6 heteroatoms. The molecule has 1 aliphatic carbocycles. The van der Waals surface area contributed by atoms with Crippen molar-refractivity contribution in [3.63, 3.8) is 0 Å². The molecule has 1 saturated carbocycles. The minimum Gasteiger partial charge on any atom is -0.296 e. The molecule has 92 valence electrons. The van der Waals surface area contributed by atoms with Crippen molar-refractivity contribution in [1.29, 1.82) is 0 Å². The third-order valence-corrected chi connectivity index (χ3v) is 5.09. The summed E-state index contributed by atoms with van der Waals surface area (Å²) < 4.78 is 25.1. The van der Waals surface area contributed by atoms with E-state index in [0.29, 0.717) is 17.5 Å². The van der Waals surface area contributed by atoms with E-state index in [1.165, 1.54) is 0 Å². The van der Waals surface area contributed by atoms with E-state index in [2.05, 4.69) is 5.10 Å². The van der Waals surface area contributed by atoms with Gasteiger partial charge in [0.05, 0.1) is 23.2 Å². The Hall–Kier alpha value is -1.17. The Labute approximate surface area is 99.7 Å². The predicted octanol–water partition coefficient (Wildman–Crippen LogP) is 1.24. The van der Waals surface area contributed by atoms with Crippen LogP contribution in [0.2, 0.25) is 0 Å². The van der Waals surface area contributed by atoms with Gasteiger partial charge < -0.3 is 0 Å². The fraction of sp³-hybridized carbons (Fsp3) is 0.636. The second-order valence-corrected chi connectivity index (χ2v) is 6.91. The molecule has 17 heavy (non-hydrogen) atoms. The third-order valence-electron chi connectivity index (χ3n) is 3.65. The first-order valence-electron chi connectivity index (χ1n) is 5.86. The van der Waals surface area contributed by atoms with Crippen molar-refractivity contribution in [2.24, 2.45) is 0 Å². The number of fused-ring (bicyclic) bond motifs is 1. The number of sulfone groups is 1. The van der Waals surface area contributed by atoms with Crippen molar-refractivity contribution in [3.8, 4) is 0 Å². The summed E-state index contributed by atoms with van der Waals surface area (Å²) in [7, 11) is -3.07. The molecule has 0 N–H and O–H groups in total. The minimum atomic E-state index is -3.07. The number of hydrogen-bond acceptors (Lipinski definition) is 4. The molecule has 0 aromatic carbocycles. The maximum Gasteiger partial charge on any atom is 0.170 e. The minimum absolute atomic E-state index is 0.0247. The van der Waals surface area contributed by atoms with E-state index >= 15 is 0 Å². The van der Waals surface area contributed by atoms with E-state index < -0.39 is 9.84 Å². The number of rotatable bonds is 2. The van der Waals surface area contributed by atoms with Gasteiger partial charge in [-0.15, -0.1) is 0 Å². The lowest BCUT2D eigenvalue weighted by atomic mass is 10.2. The van der Waals surface area contributed by atoms with Gasteiger partial charge in [0.1, 0.15) is 5.69 Å². The monoisotopic (exact) mass is 254 g/mol. The van der Waals surface area contributed by atoms with Crippen LogP contribution in [0.15, 0.2) is 0 Å². The van der Waals surface area contributed by atoms with Gasteiger partial charge in [0.25, 0.3) is 0 Å². The summed E-state index contributed by atoms with van der Waals surface area (Å²) >= 11 is 0. The molecular weight excluding hydrogens is 240 g/mol. The van der Waals surface area contributed by atoms with Crippen molar-refractivity contribution in [2.45, 2.75) is 43.2 Å². The van der Waals surface area contributed by atoms with Crippen LogP contribution in [0, 0.1) is 0 Å². The highest BCUT2D eigenvalue weighted by atomic mass is 32.2. The zero-order valence-corrected chi connectivity index (χ0v) is 10.2. The Kier molecular flexibility index (Phi) is 2.36. The van der Waals surface area contributed by atoms with Crippen LogP contribution in [0.25, 0.3) is 0 Å². The van der Waals surface area contributed by atoms with Gasteiger partial charge in [0.2, 0.25) is 0 Å². The number of carbonyl (C=O) groups excluding carboxylic acids is 1. The van der Waals surface area contributed by atoms with Crippen molar-refractivity contribution >= 4 is 16.1 Å². The molecule has 1 aromatic heterocycles. The normalized spacial score (nSPS) is 22.8. The number of aldehydes is 1. The quantitative estimate of drug-likeness (QED) is 0.744. The van der Waals surface area contributed by atoms with E-state index in [0.717, 1.165) is 31.4 Å². The van der Waals surface area contributed by atoms with E-state index in [1.807, 2.05) is 0 Å². The van der Waals surface area contributed by atoms with Crippen molar-refractivity contribution < 1.29 is 13.2 Å². The molecule has 0 bridgehead atoms. The molecule has 0 unspecified atom stereocenters. The summed E-state index contributed by atoms with van der Waals surface area (Å²) in [6, 6.07) is 0.283. The molecule has 0 atom stereocenters. The van der Waals surface area contributed by atoms with Gasteiger partial charge >= 0.3 is 0 Å². The first-order chi connectivity index (χ1) is 8.11. The van der Waals surface area contributed by atoms with E-state index in [-0.39, 0.29) is 17.5 Å². The van der Waals surface area contributed by atoms with Gasteiger partial charge in [-0.2, -0.15) is 5.10 Å². The average Bonchev–Trinajstić information content (AvgIpc) is 2.91. The Balaban J connectivity index is 2.09. The van der Waals surface area contributed by atoms with Gasteiger partial charge in [-0.05, 0) is 12.8 Å². The lowest BCUT2D eigenvalue weighted by Gasteiger charge is -2.12. The SMILES string of the molecule is O=Cc1nn(C2CCCC2)c2c1CS(=O)(=O)C2. The maximum absolute atomic E-state index is 11.6. The fourth-order valence-electron chi connectivity index (χ4n) is 2.86. The Morgan fingerprint density at radius 1 is 1.24 bits per heavy atom. The molecule has 0 radical (unpaired) electrons. The van der Waals surface area contributed by atoms with E-state index in [1.54, 1.807) is 4.68 Å². The number of carbonyl (C=O) groups is 1. The Morgan fingerprint density at radius 2 is 1.94 bits per heavy atom. The first kappa shape index (κ1) is 11.0. The zero-order valence-electron chi connectivity index (χ0n) is 9.42. The molecule has 1 aromatic rings. The molecule has 0 saturated heterocycles. The first-order valence-corrected chi connectivity index (χ1v) is 7.69. The largest absolute Gasteiger partial charge is 0.296 e. The highest BCUT2D eigenvalue weighted by Gasteiger charge is 2.34. The van der Waals surface area contributed by atoms with Crippen molar-refractivity contribution in [2.75, 3.05) is 0 Å². The predicted molar refractivity (Wildman–Crippen MR) is 61.4 cm³/mol. The molecular formula is C11H14N2O3S. The summed E-state index contributed by atoms with van der Waals surface area (Å²) in [5.41, 5.74) is 1.69. The van der Waals surface area contributed by atoms with Gasteiger partial charge in [0.15, 0.2) is 16.1 Å². The van der Waals surface area contributed by atoms with Crippen LogP contribution in [-0.4, -0.2) is 24.5 Å². The molecule has 3 rings (SSSR count). The van der Waals surface area contributed by atoms with Crippen molar-refractivity contribution in [1.82, 2.24) is 9.78 Å². The van der Waals surface area contributed by atoms with Crippen LogP contribution in [0.4, 0.5) is 0 Å². The van der Waals surface area contributed by atoms with Crippen LogP contribution in [0.5, 0.6) is 0 Å². The van der Waals surface area contributed by atoms with Crippen molar-refractivity contribution in [3.05, 3.63) is 17.0 Å². The molecule has 1 fully saturated rings. The molecule has 1 aliphatic heterocycles. The van der Waals surface area contributed by atoms with Crippen LogP contribution in [0.3, 0.4) is 0 Å². The average molecular weight is 254 g/mol. The Bertz CT molecular complexity index is 568. The lowest BCUT2D eigenvalue weighted by molar-refractivity contribution is 0.111. The molecule has 0 spiro atoms. The smallest absolute Gasteiger partial charge is 0.170 e. The highest BCUT2D eigenvalue weighted by molar-refractivity contribution is 7.90. The lowest BCUT2D eigenvalue weighted by Crippen LogP contribution is -2.12. The van der Waals surface area contributed by atoms with Gasteiger partial charge in [-0.1, -0.05) is 12.8 Å². The van der Waals surface area contributed by atoms with Crippen LogP contribution in [-0.2, 0) is 21.3 Å². The van der Waals surface area contributed by atoms with E-state index in [4.69, 9.17) is 0 Å². The topological polar surface area (TPSA) is 69.0 Å². The number of hydrogen-bond donors (Lipinski definition) is 0. The molecule has 2 heterocycles. The second-order valence-electron chi connectivity index (χ2n) is 4.84. The summed E-state index contributed by atoms with van der Waals surface area (Å²) in [6.45, 7) is 0. The van der Waals surface area contributed by atoms with Crippen LogP contribution < -0.4 is 0 Å². The molecule has 0 amide bonds. The zero-order chi connectivity index (χ0) is 12.0. The van der Waals surface area contributed by atoms with Gasteiger partial charge in [-0.3, -0.25) is 9.48 Å². The van der Waals surface area contributed by atoms with Crippen LogP contribution in [0.1, 0.15) is 53.5 Å². The Morgan fingerprint density at radius 3 is 2.59 bits per heavy atom.